The molecule has 1 aromatic carbocycles. The van der Waals surface area contributed by atoms with Crippen molar-refractivity contribution in [3.63, 3.8) is 0 Å². The van der Waals surface area contributed by atoms with Gasteiger partial charge < -0.3 is 4.74 Å². The topological polar surface area (TPSA) is 55.4 Å². The Labute approximate surface area is 130 Å². The van der Waals surface area contributed by atoms with Crippen LogP contribution in [0.25, 0.3) is 0 Å². The van der Waals surface area contributed by atoms with Crippen LogP contribution in [0.1, 0.15) is 20.3 Å². The van der Waals surface area contributed by atoms with Crippen molar-refractivity contribution in [2.45, 2.75) is 36.8 Å². The summed E-state index contributed by atoms with van der Waals surface area (Å²) in [6.07, 6.45) is 0.521. The predicted molar refractivity (Wildman–Crippen MR) is 80.6 cm³/mol. The van der Waals surface area contributed by atoms with Gasteiger partial charge in [-0.2, -0.15) is 0 Å². The van der Waals surface area contributed by atoms with E-state index in [9.17, 15) is 8.42 Å². The predicted octanol–water partition coefficient (Wildman–Crippen LogP) is 3.06. The molecule has 0 saturated carbocycles. The average molecular weight is 413 g/mol. The molecule has 4 nitrogen and oxygen atoms in total. The Balaban J connectivity index is 2.35. The highest BCUT2D eigenvalue weighted by atomic mass is 79.9. The molecule has 1 aliphatic heterocycles. The largest absolute Gasteiger partial charge is 0.376 e. The standard InChI is InChI=1S/C12H15Br2NO3S/c1-8-12(2,5-6-18-8)15-19(16,17)11-7-9(13)3-4-10(11)14/h3-4,7-8,15H,5-6H2,1-2H3. The number of sulfonamides is 1. The Morgan fingerprint density at radius 1 is 1.42 bits per heavy atom. The van der Waals surface area contributed by atoms with Crippen molar-refractivity contribution in [1.29, 1.82) is 0 Å². The summed E-state index contributed by atoms with van der Waals surface area (Å²) in [5.41, 5.74) is -0.569. The van der Waals surface area contributed by atoms with Crippen LogP contribution in [-0.4, -0.2) is 26.7 Å². The summed E-state index contributed by atoms with van der Waals surface area (Å²) in [5, 5.41) is 0. The van der Waals surface area contributed by atoms with Gasteiger partial charge in [-0.15, -0.1) is 0 Å². The highest BCUT2D eigenvalue weighted by molar-refractivity contribution is 9.11. The number of hydrogen-bond acceptors (Lipinski definition) is 3. The van der Waals surface area contributed by atoms with Crippen molar-refractivity contribution in [1.82, 2.24) is 4.72 Å². The molecule has 2 rings (SSSR count). The third kappa shape index (κ3) is 3.21. The summed E-state index contributed by atoms with van der Waals surface area (Å²) in [6, 6.07) is 5.07. The van der Waals surface area contributed by atoms with Gasteiger partial charge in [0, 0.05) is 15.6 Å². The van der Waals surface area contributed by atoms with Crippen molar-refractivity contribution >= 4 is 41.9 Å². The lowest BCUT2D eigenvalue weighted by Gasteiger charge is -2.28. The summed E-state index contributed by atoms with van der Waals surface area (Å²) in [7, 11) is -3.60. The molecule has 0 aliphatic carbocycles. The fraction of sp³-hybridized carbons (Fsp3) is 0.500. The first kappa shape index (κ1) is 15.4. The first-order chi connectivity index (χ1) is 8.74. The van der Waals surface area contributed by atoms with Gasteiger partial charge in [0.1, 0.15) is 0 Å². The number of benzene rings is 1. The maximum Gasteiger partial charge on any atom is 0.242 e. The van der Waals surface area contributed by atoms with Crippen LogP contribution in [0, 0.1) is 0 Å². The fourth-order valence-electron chi connectivity index (χ4n) is 2.01. The molecule has 1 aromatic rings. The normalized spacial score (nSPS) is 27.7. The van der Waals surface area contributed by atoms with Crippen LogP contribution >= 0.6 is 31.9 Å². The highest BCUT2D eigenvalue weighted by Gasteiger charge is 2.40. The molecule has 1 fully saturated rings. The molecule has 1 N–H and O–H groups in total. The third-order valence-electron chi connectivity index (χ3n) is 3.44. The van der Waals surface area contributed by atoms with Crippen LogP contribution < -0.4 is 4.72 Å². The molecule has 1 heterocycles. The Morgan fingerprint density at radius 2 is 2.11 bits per heavy atom. The van der Waals surface area contributed by atoms with Gasteiger partial charge in [0.2, 0.25) is 10.0 Å². The maximum atomic E-state index is 12.5. The second kappa shape index (κ2) is 5.44. The van der Waals surface area contributed by atoms with Gasteiger partial charge in [0.05, 0.1) is 16.5 Å². The maximum absolute atomic E-state index is 12.5. The van der Waals surface area contributed by atoms with Crippen LogP contribution in [0.3, 0.4) is 0 Å². The number of halogens is 2. The zero-order valence-corrected chi connectivity index (χ0v) is 14.6. The van der Waals surface area contributed by atoms with Crippen molar-refractivity contribution in [3.05, 3.63) is 27.1 Å². The number of nitrogens with one attached hydrogen (secondary N) is 1. The minimum Gasteiger partial charge on any atom is -0.376 e. The van der Waals surface area contributed by atoms with E-state index < -0.39 is 15.6 Å². The minimum atomic E-state index is -3.60. The van der Waals surface area contributed by atoms with Gasteiger partial charge in [-0.05, 0) is 54.4 Å². The molecule has 1 aliphatic rings. The first-order valence-electron chi connectivity index (χ1n) is 5.85. The lowest BCUT2D eigenvalue weighted by Crippen LogP contribution is -2.50. The summed E-state index contributed by atoms with van der Waals surface area (Å²) >= 11 is 6.57. The smallest absolute Gasteiger partial charge is 0.242 e. The number of ether oxygens (including phenoxy) is 1. The first-order valence-corrected chi connectivity index (χ1v) is 8.92. The molecule has 0 amide bonds. The second-order valence-electron chi connectivity index (χ2n) is 4.86. The fourth-order valence-corrected chi connectivity index (χ4v) is 5.01. The summed E-state index contributed by atoms with van der Waals surface area (Å²) in [6.45, 7) is 4.32. The van der Waals surface area contributed by atoms with Gasteiger partial charge in [-0.1, -0.05) is 15.9 Å². The van der Waals surface area contributed by atoms with Gasteiger partial charge >= 0.3 is 0 Å². The van der Waals surface area contributed by atoms with E-state index in [1.807, 2.05) is 13.8 Å². The van der Waals surface area contributed by atoms with E-state index in [1.54, 1.807) is 18.2 Å². The van der Waals surface area contributed by atoms with E-state index >= 15 is 0 Å². The molecule has 0 radical (unpaired) electrons. The van der Waals surface area contributed by atoms with E-state index in [1.165, 1.54) is 0 Å². The van der Waals surface area contributed by atoms with Crippen LogP contribution in [0.4, 0.5) is 0 Å². The van der Waals surface area contributed by atoms with E-state index in [4.69, 9.17) is 4.74 Å². The average Bonchev–Trinajstić information content (AvgIpc) is 2.61. The minimum absolute atomic E-state index is 0.145. The lowest BCUT2D eigenvalue weighted by atomic mass is 9.97. The van der Waals surface area contributed by atoms with E-state index in [0.29, 0.717) is 17.5 Å². The molecule has 19 heavy (non-hydrogen) atoms. The Kier molecular flexibility index (Phi) is 4.42. The van der Waals surface area contributed by atoms with Crippen LogP contribution in [-0.2, 0) is 14.8 Å². The second-order valence-corrected chi connectivity index (χ2v) is 8.28. The monoisotopic (exact) mass is 411 g/mol. The number of rotatable bonds is 3. The third-order valence-corrected chi connectivity index (χ3v) is 6.54. The zero-order valence-electron chi connectivity index (χ0n) is 10.6. The van der Waals surface area contributed by atoms with E-state index in [-0.39, 0.29) is 11.0 Å². The summed E-state index contributed by atoms with van der Waals surface area (Å²) < 4.78 is 34.5. The van der Waals surface area contributed by atoms with Gasteiger partial charge in [0.25, 0.3) is 0 Å². The molecule has 0 aromatic heterocycles. The molecule has 2 atom stereocenters. The molecular weight excluding hydrogens is 398 g/mol. The van der Waals surface area contributed by atoms with Gasteiger partial charge in [-0.3, -0.25) is 0 Å². The van der Waals surface area contributed by atoms with Crippen molar-refractivity contribution in [2.24, 2.45) is 0 Å². The van der Waals surface area contributed by atoms with Crippen LogP contribution in [0.15, 0.2) is 32.0 Å². The summed E-state index contributed by atoms with van der Waals surface area (Å²) in [5.74, 6) is 0. The van der Waals surface area contributed by atoms with Gasteiger partial charge in [0.15, 0.2) is 0 Å². The van der Waals surface area contributed by atoms with Crippen LogP contribution in [0.5, 0.6) is 0 Å². The number of hydrogen-bond donors (Lipinski definition) is 1. The van der Waals surface area contributed by atoms with Crippen LogP contribution in [0.2, 0.25) is 0 Å². The SMILES string of the molecule is CC1OCCC1(C)NS(=O)(=O)c1cc(Br)ccc1Br. The van der Waals surface area contributed by atoms with Gasteiger partial charge in [-0.25, -0.2) is 13.1 Å². The molecule has 7 heteroatoms. The highest BCUT2D eigenvalue weighted by Crippen LogP contribution is 2.30. The quantitative estimate of drug-likeness (QED) is 0.829. The molecule has 0 spiro atoms. The van der Waals surface area contributed by atoms with E-state index in [0.717, 1.165) is 4.47 Å². The molecule has 2 unspecified atom stereocenters. The zero-order chi connectivity index (χ0) is 14.3. The lowest BCUT2D eigenvalue weighted by molar-refractivity contribution is 0.0957. The van der Waals surface area contributed by atoms with Crippen molar-refractivity contribution in [2.75, 3.05) is 6.61 Å². The molecule has 1 saturated heterocycles. The van der Waals surface area contributed by atoms with Crippen molar-refractivity contribution < 1.29 is 13.2 Å². The Hall–Kier alpha value is 0.0500. The molecule has 106 valence electrons. The summed E-state index contributed by atoms with van der Waals surface area (Å²) in [4.78, 5) is 0.224. The van der Waals surface area contributed by atoms with E-state index in [2.05, 4.69) is 36.6 Å². The Morgan fingerprint density at radius 3 is 2.68 bits per heavy atom. The Bertz CT molecular complexity index is 591. The molecule has 0 bridgehead atoms. The van der Waals surface area contributed by atoms with Crippen molar-refractivity contribution in [3.8, 4) is 0 Å². The molecular formula is C12H15Br2NO3S.